The van der Waals surface area contributed by atoms with E-state index in [-0.39, 0.29) is 5.91 Å². The van der Waals surface area contributed by atoms with Gasteiger partial charge in [0, 0.05) is 6.08 Å². The number of carbonyl (C=O) groups excluding carboxylic acids is 1. The minimum Gasteiger partial charge on any atom is -0.271 e. The molecule has 0 fully saturated rings. The van der Waals surface area contributed by atoms with Crippen LogP contribution < -0.4 is 0 Å². The molecule has 1 amide bonds. The summed E-state index contributed by atoms with van der Waals surface area (Å²) in [5.74, 6) is -0.0585. The Hall–Kier alpha value is -0.830. The Labute approximate surface area is 53.9 Å². The van der Waals surface area contributed by atoms with Crippen LogP contribution in [0.3, 0.4) is 0 Å². The first-order chi connectivity index (χ1) is 4.34. The molecule has 1 aliphatic rings. The smallest absolute Gasteiger partial charge is 0.270 e. The summed E-state index contributed by atoms with van der Waals surface area (Å²) < 4.78 is 0. The second-order valence-electron chi connectivity index (χ2n) is 1.72. The third kappa shape index (κ3) is 1.29. The van der Waals surface area contributed by atoms with Crippen molar-refractivity contribution in [1.29, 1.82) is 0 Å². The first-order valence-corrected chi connectivity index (χ1v) is 2.95. The molecule has 0 aromatic heterocycles. The van der Waals surface area contributed by atoms with Crippen LogP contribution in [0.1, 0.15) is 6.92 Å². The summed E-state index contributed by atoms with van der Waals surface area (Å²) in [6, 6.07) is 0. The van der Waals surface area contributed by atoms with Gasteiger partial charge < -0.3 is 0 Å². The number of carbonyl (C=O) groups is 1. The monoisotopic (exact) mass is 127 g/mol. The van der Waals surface area contributed by atoms with E-state index in [1.807, 2.05) is 6.92 Å². The first kappa shape index (κ1) is 6.29. The van der Waals surface area contributed by atoms with Crippen molar-refractivity contribution in [2.75, 3.05) is 13.2 Å². The quantitative estimate of drug-likeness (QED) is 0.535. The molecule has 50 valence electrons. The number of hydrogen-bond donors (Lipinski definition) is 0. The second-order valence-corrected chi connectivity index (χ2v) is 1.72. The third-order valence-corrected chi connectivity index (χ3v) is 1.06. The standard InChI is InChI=1S/C6H9NO2/c1-2-9-7-5-3-4-6(7)8/h3-4H,2,5H2,1H3. The average Bonchev–Trinajstić information content (AvgIpc) is 2.18. The molecule has 3 heteroatoms. The SMILES string of the molecule is CCON1CC=CC1=O. The normalized spacial score (nSPS) is 17.4. The fourth-order valence-corrected chi connectivity index (χ4v) is 0.695. The average molecular weight is 127 g/mol. The lowest BCUT2D eigenvalue weighted by atomic mass is 10.6. The molecule has 0 aromatic rings. The minimum absolute atomic E-state index is 0.0585. The number of rotatable bonds is 2. The van der Waals surface area contributed by atoms with Crippen molar-refractivity contribution in [3.63, 3.8) is 0 Å². The Bertz CT molecular complexity index is 142. The summed E-state index contributed by atoms with van der Waals surface area (Å²) in [6.07, 6.45) is 3.29. The molecule has 1 rings (SSSR count). The van der Waals surface area contributed by atoms with Crippen LogP contribution in [0.25, 0.3) is 0 Å². The van der Waals surface area contributed by atoms with Crippen molar-refractivity contribution in [3.8, 4) is 0 Å². The number of hydrogen-bond acceptors (Lipinski definition) is 2. The topological polar surface area (TPSA) is 29.5 Å². The zero-order valence-corrected chi connectivity index (χ0v) is 5.33. The van der Waals surface area contributed by atoms with Gasteiger partial charge in [-0.25, -0.2) is 5.06 Å². The Balaban J connectivity index is 2.37. The van der Waals surface area contributed by atoms with E-state index in [0.29, 0.717) is 13.2 Å². The molecule has 1 heterocycles. The van der Waals surface area contributed by atoms with Crippen LogP contribution in [0, 0.1) is 0 Å². The molecule has 0 saturated heterocycles. The molecule has 0 radical (unpaired) electrons. The molecule has 0 spiro atoms. The van der Waals surface area contributed by atoms with Gasteiger partial charge in [0.25, 0.3) is 5.91 Å². The van der Waals surface area contributed by atoms with Crippen molar-refractivity contribution in [1.82, 2.24) is 5.06 Å². The summed E-state index contributed by atoms with van der Waals surface area (Å²) in [7, 11) is 0. The van der Waals surface area contributed by atoms with E-state index in [1.165, 1.54) is 11.1 Å². The van der Waals surface area contributed by atoms with Crippen LogP contribution >= 0.6 is 0 Å². The highest BCUT2D eigenvalue weighted by Crippen LogP contribution is 2.00. The van der Waals surface area contributed by atoms with Crippen LogP contribution in [0.2, 0.25) is 0 Å². The van der Waals surface area contributed by atoms with Gasteiger partial charge >= 0.3 is 0 Å². The zero-order valence-electron chi connectivity index (χ0n) is 5.33. The van der Waals surface area contributed by atoms with Crippen molar-refractivity contribution in [2.24, 2.45) is 0 Å². The van der Waals surface area contributed by atoms with Crippen LogP contribution in [0.15, 0.2) is 12.2 Å². The molecule has 0 atom stereocenters. The molecule has 0 saturated carbocycles. The lowest BCUT2D eigenvalue weighted by Gasteiger charge is -2.12. The highest BCUT2D eigenvalue weighted by molar-refractivity contribution is 5.88. The Morgan fingerprint density at radius 2 is 2.67 bits per heavy atom. The van der Waals surface area contributed by atoms with E-state index in [0.717, 1.165) is 0 Å². The lowest BCUT2D eigenvalue weighted by Crippen LogP contribution is -2.25. The molecule has 9 heavy (non-hydrogen) atoms. The molecule has 0 unspecified atom stereocenters. The van der Waals surface area contributed by atoms with E-state index in [9.17, 15) is 4.79 Å². The van der Waals surface area contributed by atoms with Gasteiger partial charge in [-0.1, -0.05) is 6.08 Å². The largest absolute Gasteiger partial charge is 0.271 e. The van der Waals surface area contributed by atoms with Crippen LogP contribution in [0.5, 0.6) is 0 Å². The molecule has 0 N–H and O–H groups in total. The summed E-state index contributed by atoms with van der Waals surface area (Å²) in [6.45, 7) is 2.99. The van der Waals surface area contributed by atoms with Gasteiger partial charge in [0.15, 0.2) is 0 Å². The van der Waals surface area contributed by atoms with E-state index >= 15 is 0 Å². The van der Waals surface area contributed by atoms with Gasteiger partial charge in [-0.05, 0) is 6.92 Å². The van der Waals surface area contributed by atoms with E-state index < -0.39 is 0 Å². The molecule has 0 aromatic carbocycles. The van der Waals surface area contributed by atoms with Crippen molar-refractivity contribution in [3.05, 3.63) is 12.2 Å². The fourth-order valence-electron chi connectivity index (χ4n) is 0.695. The predicted octanol–water partition coefficient (Wildman–Crippen LogP) is 0.336. The van der Waals surface area contributed by atoms with Gasteiger partial charge in [-0.3, -0.25) is 9.63 Å². The van der Waals surface area contributed by atoms with E-state index in [2.05, 4.69) is 0 Å². The van der Waals surface area contributed by atoms with Crippen molar-refractivity contribution >= 4 is 5.91 Å². The van der Waals surface area contributed by atoms with Gasteiger partial charge in [0.1, 0.15) is 0 Å². The number of hydroxylamine groups is 2. The zero-order chi connectivity index (χ0) is 6.69. The maximum atomic E-state index is 10.7. The maximum absolute atomic E-state index is 10.7. The number of nitrogens with zero attached hydrogens (tertiary/aromatic N) is 1. The molecule has 0 aliphatic carbocycles. The van der Waals surface area contributed by atoms with E-state index in [1.54, 1.807) is 6.08 Å². The van der Waals surface area contributed by atoms with Gasteiger partial charge in [-0.15, -0.1) is 0 Å². The van der Waals surface area contributed by atoms with E-state index in [4.69, 9.17) is 4.84 Å². The maximum Gasteiger partial charge on any atom is 0.270 e. The minimum atomic E-state index is -0.0585. The highest BCUT2D eigenvalue weighted by Gasteiger charge is 2.13. The van der Waals surface area contributed by atoms with Crippen LogP contribution in [-0.4, -0.2) is 24.1 Å². The Morgan fingerprint density at radius 3 is 3.11 bits per heavy atom. The molecular weight excluding hydrogens is 118 g/mol. The summed E-state index contributed by atoms with van der Waals surface area (Å²) in [5, 5.41) is 1.33. The highest BCUT2D eigenvalue weighted by atomic mass is 16.7. The summed E-state index contributed by atoms with van der Waals surface area (Å²) in [4.78, 5) is 15.6. The Kier molecular flexibility index (Phi) is 1.85. The molecule has 1 aliphatic heterocycles. The lowest BCUT2D eigenvalue weighted by molar-refractivity contribution is -0.172. The van der Waals surface area contributed by atoms with Crippen molar-refractivity contribution in [2.45, 2.75) is 6.92 Å². The Morgan fingerprint density at radius 1 is 1.89 bits per heavy atom. The third-order valence-electron chi connectivity index (χ3n) is 1.06. The molecule has 3 nitrogen and oxygen atoms in total. The fraction of sp³-hybridized carbons (Fsp3) is 0.500. The molecule has 0 bridgehead atoms. The first-order valence-electron chi connectivity index (χ1n) is 2.95. The van der Waals surface area contributed by atoms with Gasteiger partial charge in [0.2, 0.25) is 0 Å². The van der Waals surface area contributed by atoms with Crippen molar-refractivity contribution < 1.29 is 9.63 Å². The predicted molar refractivity (Wildman–Crippen MR) is 32.5 cm³/mol. The van der Waals surface area contributed by atoms with Crippen LogP contribution in [-0.2, 0) is 9.63 Å². The number of amides is 1. The summed E-state index contributed by atoms with van der Waals surface area (Å²) in [5.41, 5.74) is 0. The summed E-state index contributed by atoms with van der Waals surface area (Å²) >= 11 is 0. The van der Waals surface area contributed by atoms with Gasteiger partial charge in [0.05, 0.1) is 13.2 Å². The van der Waals surface area contributed by atoms with Crippen LogP contribution in [0.4, 0.5) is 0 Å². The van der Waals surface area contributed by atoms with Gasteiger partial charge in [-0.2, -0.15) is 0 Å². The molecular formula is C6H9NO2. The second kappa shape index (κ2) is 2.64.